The molecule has 0 spiro atoms. The van der Waals surface area contributed by atoms with Gasteiger partial charge in [0.15, 0.2) is 5.82 Å². The van der Waals surface area contributed by atoms with Crippen molar-refractivity contribution in [3.05, 3.63) is 35.8 Å². The molecular formula is C21H26N8O2. The van der Waals surface area contributed by atoms with Crippen LogP contribution in [0.25, 0.3) is 11.5 Å². The number of pyridine rings is 1. The first-order chi connectivity index (χ1) is 15.0. The zero-order valence-electron chi connectivity index (χ0n) is 17.9. The number of likely N-dealkylation sites (tertiary alicyclic amines) is 1. The highest BCUT2D eigenvalue weighted by Crippen LogP contribution is 2.30. The quantitative estimate of drug-likeness (QED) is 0.672. The van der Waals surface area contributed by atoms with E-state index < -0.39 is 0 Å². The minimum absolute atomic E-state index is 0.235. The van der Waals surface area contributed by atoms with Crippen LogP contribution in [0.2, 0.25) is 0 Å². The van der Waals surface area contributed by atoms with Crippen molar-refractivity contribution in [2.45, 2.75) is 38.3 Å². The van der Waals surface area contributed by atoms with Gasteiger partial charge in [0, 0.05) is 25.2 Å². The molecule has 1 fully saturated rings. The molecule has 10 nitrogen and oxygen atoms in total. The highest BCUT2D eigenvalue weighted by Gasteiger charge is 2.27. The fourth-order valence-corrected chi connectivity index (χ4v) is 4.41. The number of fused-ring (bicyclic) bond motifs is 1. The van der Waals surface area contributed by atoms with Gasteiger partial charge in [-0.2, -0.15) is 0 Å². The molecule has 1 saturated heterocycles. The third-order valence-electron chi connectivity index (χ3n) is 6.09. The van der Waals surface area contributed by atoms with Crippen molar-refractivity contribution in [1.82, 2.24) is 34.4 Å². The van der Waals surface area contributed by atoms with Crippen molar-refractivity contribution in [2.75, 3.05) is 32.6 Å². The highest BCUT2D eigenvalue weighted by molar-refractivity contribution is 6.05. The second-order valence-corrected chi connectivity index (χ2v) is 8.30. The van der Waals surface area contributed by atoms with E-state index in [0.29, 0.717) is 29.0 Å². The van der Waals surface area contributed by atoms with Crippen molar-refractivity contribution < 1.29 is 9.53 Å². The van der Waals surface area contributed by atoms with Gasteiger partial charge < -0.3 is 19.5 Å². The molecule has 0 radical (unpaired) electrons. The Hall–Kier alpha value is -3.27. The van der Waals surface area contributed by atoms with Gasteiger partial charge in [0.05, 0.1) is 13.2 Å². The highest BCUT2D eigenvalue weighted by atomic mass is 16.5. The summed E-state index contributed by atoms with van der Waals surface area (Å²) in [6.45, 7) is 4.06. The molecule has 2 aliphatic rings. The molecule has 1 N–H and O–H groups in total. The lowest BCUT2D eigenvalue weighted by atomic mass is 10.2. The van der Waals surface area contributed by atoms with Gasteiger partial charge in [-0.25, -0.2) is 4.98 Å². The Morgan fingerprint density at radius 1 is 1.26 bits per heavy atom. The Morgan fingerprint density at radius 2 is 2.13 bits per heavy atom. The molecule has 0 saturated carbocycles. The van der Waals surface area contributed by atoms with Gasteiger partial charge in [-0.3, -0.25) is 9.48 Å². The number of amides is 1. The van der Waals surface area contributed by atoms with E-state index in [0.717, 1.165) is 44.0 Å². The van der Waals surface area contributed by atoms with Gasteiger partial charge in [0.2, 0.25) is 5.88 Å². The van der Waals surface area contributed by atoms with Gasteiger partial charge >= 0.3 is 0 Å². The number of likely N-dealkylation sites (N-methyl/N-ethyl adjacent to an activating group) is 1. The van der Waals surface area contributed by atoms with Gasteiger partial charge in [-0.05, 0) is 45.5 Å². The van der Waals surface area contributed by atoms with Crippen molar-refractivity contribution >= 4 is 11.7 Å². The number of nitrogens with one attached hydrogen (secondary N) is 1. The summed E-state index contributed by atoms with van der Waals surface area (Å²) in [5.74, 6) is 2.16. The summed E-state index contributed by atoms with van der Waals surface area (Å²) in [6, 6.07) is 6.07. The summed E-state index contributed by atoms with van der Waals surface area (Å²) in [6.07, 6.45) is 4.72. The molecule has 2 atom stereocenters. The molecule has 0 unspecified atom stereocenters. The zero-order valence-corrected chi connectivity index (χ0v) is 17.9. The Kier molecular flexibility index (Phi) is 4.93. The Balaban J connectivity index is 1.38. The number of aromatic nitrogens is 6. The summed E-state index contributed by atoms with van der Waals surface area (Å²) in [4.78, 5) is 19.9. The van der Waals surface area contributed by atoms with Crippen molar-refractivity contribution in [2.24, 2.45) is 0 Å². The summed E-state index contributed by atoms with van der Waals surface area (Å²) in [5, 5.41) is 16.0. The average molecular weight is 422 g/mol. The normalized spacial score (nSPS) is 20.7. The molecular weight excluding hydrogens is 396 g/mol. The average Bonchev–Trinajstić information content (AvgIpc) is 3.53. The van der Waals surface area contributed by atoms with E-state index in [1.165, 1.54) is 7.11 Å². The molecule has 1 amide bonds. The molecule has 31 heavy (non-hydrogen) atoms. The molecule has 0 aromatic carbocycles. The van der Waals surface area contributed by atoms with E-state index in [-0.39, 0.29) is 11.9 Å². The predicted octanol–water partition coefficient (Wildman–Crippen LogP) is 2.18. The summed E-state index contributed by atoms with van der Waals surface area (Å²) in [5.41, 5.74) is 1.07. The summed E-state index contributed by atoms with van der Waals surface area (Å²) < 4.78 is 9.33. The van der Waals surface area contributed by atoms with Crippen LogP contribution in [0.4, 0.5) is 5.82 Å². The molecule has 10 heteroatoms. The predicted molar refractivity (Wildman–Crippen MR) is 114 cm³/mol. The molecule has 5 rings (SSSR count). The maximum Gasteiger partial charge on any atom is 0.263 e. The van der Waals surface area contributed by atoms with E-state index in [1.54, 1.807) is 12.3 Å². The number of rotatable bonds is 5. The number of hydrogen-bond acceptors (Lipinski definition) is 7. The molecule has 5 heterocycles. The third-order valence-corrected chi connectivity index (χ3v) is 6.09. The van der Waals surface area contributed by atoms with Crippen LogP contribution in [0.5, 0.6) is 5.88 Å². The summed E-state index contributed by atoms with van der Waals surface area (Å²) >= 11 is 0. The third kappa shape index (κ3) is 3.56. The van der Waals surface area contributed by atoms with Crippen molar-refractivity contribution in [3.63, 3.8) is 0 Å². The maximum absolute atomic E-state index is 13.0. The monoisotopic (exact) mass is 422 g/mol. The van der Waals surface area contributed by atoms with Crippen LogP contribution >= 0.6 is 0 Å². The van der Waals surface area contributed by atoms with Crippen molar-refractivity contribution in [1.29, 1.82) is 0 Å². The smallest absolute Gasteiger partial charge is 0.263 e. The van der Waals surface area contributed by atoms with Crippen LogP contribution in [0.1, 0.15) is 48.0 Å². The van der Waals surface area contributed by atoms with E-state index in [1.807, 2.05) is 16.8 Å². The molecule has 0 bridgehead atoms. The Morgan fingerprint density at radius 3 is 2.90 bits per heavy atom. The second-order valence-electron chi connectivity index (χ2n) is 8.30. The lowest BCUT2D eigenvalue weighted by molar-refractivity contribution is 0.102. The minimum Gasteiger partial charge on any atom is -0.479 e. The molecule has 2 aliphatic heterocycles. The van der Waals surface area contributed by atoms with Crippen LogP contribution in [-0.4, -0.2) is 67.6 Å². The maximum atomic E-state index is 13.0. The number of ether oxygens (including phenoxy) is 1. The Bertz CT molecular complexity index is 1120. The van der Waals surface area contributed by atoms with Crippen LogP contribution in [0, 0.1) is 0 Å². The standard InChI is InChI=1S/C21H26N8O2/c1-13-7-8-18-24-25-19(29(13)18)16-5-4-6-17(22-16)23-20(30)15-12-28(26-21(15)31-3)14-9-10-27(2)11-14/h4-6,12-14H,7-11H2,1-3H3,(H,22,23,30)/t13-,14+/m0/s1. The number of hydrogen-bond donors (Lipinski definition) is 1. The fraction of sp³-hybridized carbons (Fsp3) is 0.476. The lowest BCUT2D eigenvalue weighted by Gasteiger charge is -2.10. The molecule has 0 aliphatic carbocycles. The molecule has 3 aromatic heterocycles. The minimum atomic E-state index is -0.307. The van der Waals surface area contributed by atoms with Crippen molar-refractivity contribution in [3.8, 4) is 17.4 Å². The Labute approximate surface area is 180 Å². The lowest BCUT2D eigenvalue weighted by Crippen LogP contribution is -2.17. The van der Waals surface area contributed by atoms with E-state index in [4.69, 9.17) is 4.74 Å². The first kappa shape index (κ1) is 19.7. The molecule has 3 aromatic rings. The van der Waals surface area contributed by atoms with Crippen LogP contribution in [0.3, 0.4) is 0 Å². The van der Waals surface area contributed by atoms with Gasteiger partial charge in [-0.1, -0.05) is 6.07 Å². The van der Waals surface area contributed by atoms with E-state index >= 15 is 0 Å². The second kappa shape index (κ2) is 7.77. The number of anilines is 1. The number of methoxy groups -OCH3 is 1. The zero-order chi connectivity index (χ0) is 21.5. The topological polar surface area (TPSA) is 103 Å². The van der Waals surface area contributed by atoms with Crippen LogP contribution < -0.4 is 10.1 Å². The number of carbonyl (C=O) groups excluding carboxylic acids is 1. The fourth-order valence-electron chi connectivity index (χ4n) is 4.41. The summed E-state index contributed by atoms with van der Waals surface area (Å²) in [7, 11) is 3.61. The van der Waals surface area contributed by atoms with Crippen LogP contribution in [0.15, 0.2) is 24.4 Å². The first-order valence-corrected chi connectivity index (χ1v) is 10.6. The van der Waals surface area contributed by atoms with E-state index in [2.05, 4.69) is 49.0 Å². The van der Waals surface area contributed by atoms with Gasteiger partial charge in [0.1, 0.15) is 22.9 Å². The van der Waals surface area contributed by atoms with Gasteiger partial charge in [-0.15, -0.1) is 15.3 Å². The SMILES string of the molecule is COc1nn([C@@H]2CCN(C)C2)cc1C(=O)Nc1cccc(-c2nnc3n2[C@@H](C)CC3)n1. The number of nitrogens with zero attached hydrogens (tertiary/aromatic N) is 7. The largest absolute Gasteiger partial charge is 0.479 e. The van der Waals surface area contributed by atoms with Crippen LogP contribution in [-0.2, 0) is 6.42 Å². The first-order valence-electron chi connectivity index (χ1n) is 10.6. The van der Waals surface area contributed by atoms with E-state index in [9.17, 15) is 4.79 Å². The molecule has 162 valence electrons. The number of carbonyl (C=O) groups is 1. The van der Waals surface area contributed by atoms with Gasteiger partial charge in [0.25, 0.3) is 5.91 Å². The number of aryl methyl sites for hydroxylation is 1.